The van der Waals surface area contributed by atoms with Gasteiger partial charge in [-0.1, -0.05) is 32.1 Å². The van der Waals surface area contributed by atoms with Crippen LogP contribution in [-0.4, -0.2) is 35.6 Å². The molecule has 19 heavy (non-hydrogen) atoms. The molecule has 0 bridgehead atoms. The lowest BCUT2D eigenvalue weighted by molar-refractivity contribution is 0.0258. The zero-order valence-electron chi connectivity index (χ0n) is 13.0. The van der Waals surface area contributed by atoms with Crippen LogP contribution in [0.3, 0.4) is 0 Å². The second-order valence-electron chi connectivity index (χ2n) is 7.53. The molecular formula is C17H32N2. The fourth-order valence-electron chi connectivity index (χ4n) is 4.86. The minimum absolute atomic E-state index is 0.482. The van der Waals surface area contributed by atoms with Crippen molar-refractivity contribution >= 4 is 0 Å². The Kier molecular flexibility index (Phi) is 4.19. The van der Waals surface area contributed by atoms with E-state index in [0.717, 1.165) is 18.0 Å². The van der Waals surface area contributed by atoms with Crippen molar-refractivity contribution in [1.82, 2.24) is 10.2 Å². The summed E-state index contributed by atoms with van der Waals surface area (Å²) in [7, 11) is 0. The van der Waals surface area contributed by atoms with Crippen molar-refractivity contribution in [1.29, 1.82) is 0 Å². The van der Waals surface area contributed by atoms with Gasteiger partial charge in [-0.3, -0.25) is 4.90 Å². The van der Waals surface area contributed by atoms with Crippen LogP contribution in [0.15, 0.2) is 0 Å². The quantitative estimate of drug-likeness (QED) is 0.820. The lowest BCUT2D eigenvalue weighted by Crippen LogP contribution is -2.65. The second-order valence-corrected chi connectivity index (χ2v) is 7.53. The summed E-state index contributed by atoms with van der Waals surface area (Å²) in [5.74, 6) is 0.966. The fourth-order valence-corrected chi connectivity index (χ4v) is 4.86. The van der Waals surface area contributed by atoms with Crippen LogP contribution >= 0.6 is 0 Å². The Bertz CT molecular complexity index is 290. The van der Waals surface area contributed by atoms with Crippen LogP contribution < -0.4 is 5.32 Å². The third kappa shape index (κ3) is 2.85. The first-order valence-corrected chi connectivity index (χ1v) is 8.71. The lowest BCUT2D eigenvalue weighted by atomic mass is 9.82. The molecule has 3 fully saturated rings. The molecule has 0 radical (unpaired) electrons. The Morgan fingerprint density at radius 3 is 2.42 bits per heavy atom. The van der Waals surface area contributed by atoms with Crippen LogP contribution in [0, 0.1) is 5.92 Å². The van der Waals surface area contributed by atoms with E-state index in [4.69, 9.17) is 0 Å². The molecule has 1 heterocycles. The number of rotatable bonds is 2. The molecule has 2 atom stereocenters. The van der Waals surface area contributed by atoms with Crippen molar-refractivity contribution in [3.8, 4) is 0 Å². The van der Waals surface area contributed by atoms with Crippen molar-refractivity contribution in [3.63, 3.8) is 0 Å². The molecule has 0 aromatic heterocycles. The van der Waals surface area contributed by atoms with Gasteiger partial charge >= 0.3 is 0 Å². The molecule has 2 saturated carbocycles. The summed E-state index contributed by atoms with van der Waals surface area (Å²) in [4.78, 5) is 2.86. The molecule has 0 aromatic rings. The Labute approximate surface area is 119 Å². The smallest absolute Gasteiger partial charge is 0.0309 e. The van der Waals surface area contributed by atoms with Gasteiger partial charge in [0, 0.05) is 30.7 Å². The average Bonchev–Trinajstić information content (AvgIpc) is 2.90. The minimum Gasteiger partial charge on any atom is -0.308 e. The summed E-state index contributed by atoms with van der Waals surface area (Å²) >= 11 is 0. The van der Waals surface area contributed by atoms with Crippen LogP contribution in [0.1, 0.15) is 71.6 Å². The number of nitrogens with one attached hydrogen (secondary N) is 1. The highest BCUT2D eigenvalue weighted by Crippen LogP contribution is 2.36. The van der Waals surface area contributed by atoms with Crippen molar-refractivity contribution in [2.45, 2.75) is 89.3 Å². The predicted octanol–water partition coefficient (Wildman–Crippen LogP) is 3.56. The summed E-state index contributed by atoms with van der Waals surface area (Å²) in [5, 5.41) is 3.89. The van der Waals surface area contributed by atoms with Crippen LogP contribution in [0.25, 0.3) is 0 Å². The van der Waals surface area contributed by atoms with E-state index in [1.54, 1.807) is 0 Å². The molecule has 110 valence electrons. The molecule has 3 rings (SSSR count). The Morgan fingerprint density at radius 2 is 1.74 bits per heavy atom. The zero-order valence-corrected chi connectivity index (χ0v) is 13.0. The summed E-state index contributed by atoms with van der Waals surface area (Å²) < 4.78 is 0. The van der Waals surface area contributed by atoms with Crippen molar-refractivity contribution in [2.24, 2.45) is 5.92 Å². The Morgan fingerprint density at radius 1 is 1.05 bits per heavy atom. The summed E-state index contributed by atoms with van der Waals surface area (Å²) in [6.07, 6.45) is 13.1. The van der Waals surface area contributed by atoms with Crippen molar-refractivity contribution < 1.29 is 0 Å². The number of hydrogen-bond acceptors (Lipinski definition) is 2. The molecule has 1 N–H and O–H groups in total. The third-order valence-corrected chi connectivity index (χ3v) is 6.24. The molecule has 2 nitrogen and oxygen atoms in total. The highest BCUT2D eigenvalue weighted by atomic mass is 15.3. The van der Waals surface area contributed by atoms with E-state index in [9.17, 15) is 0 Å². The zero-order chi connectivity index (χ0) is 13.3. The average molecular weight is 264 g/mol. The summed E-state index contributed by atoms with van der Waals surface area (Å²) in [6.45, 7) is 7.46. The van der Waals surface area contributed by atoms with Gasteiger partial charge in [0.1, 0.15) is 0 Å². The third-order valence-electron chi connectivity index (χ3n) is 6.24. The fraction of sp³-hybridized carbons (Fsp3) is 1.00. The van der Waals surface area contributed by atoms with Gasteiger partial charge in [0.2, 0.25) is 0 Å². The minimum atomic E-state index is 0.482. The first kappa shape index (κ1) is 13.9. The van der Waals surface area contributed by atoms with Gasteiger partial charge in [-0.05, 0) is 45.4 Å². The van der Waals surface area contributed by atoms with Crippen molar-refractivity contribution in [2.75, 3.05) is 13.1 Å². The molecule has 2 unspecified atom stereocenters. The van der Waals surface area contributed by atoms with E-state index >= 15 is 0 Å². The van der Waals surface area contributed by atoms with Gasteiger partial charge in [-0.15, -0.1) is 0 Å². The lowest BCUT2D eigenvalue weighted by Gasteiger charge is -2.50. The highest BCUT2D eigenvalue weighted by molar-refractivity contribution is 5.01. The largest absolute Gasteiger partial charge is 0.308 e. The van der Waals surface area contributed by atoms with Gasteiger partial charge in [0.15, 0.2) is 0 Å². The van der Waals surface area contributed by atoms with Crippen molar-refractivity contribution in [3.05, 3.63) is 0 Å². The van der Waals surface area contributed by atoms with Crippen LogP contribution in [0.2, 0.25) is 0 Å². The topological polar surface area (TPSA) is 15.3 Å². The molecule has 2 aliphatic carbocycles. The van der Waals surface area contributed by atoms with Gasteiger partial charge in [0.05, 0.1) is 0 Å². The first-order chi connectivity index (χ1) is 9.20. The first-order valence-electron chi connectivity index (χ1n) is 8.71. The molecule has 0 aromatic carbocycles. The second kappa shape index (κ2) is 5.73. The molecule has 2 heteroatoms. The van der Waals surface area contributed by atoms with E-state index in [-0.39, 0.29) is 0 Å². The van der Waals surface area contributed by atoms with Crippen LogP contribution in [0.5, 0.6) is 0 Å². The Hall–Kier alpha value is -0.0800. The SMILES string of the molecule is CC1CNC2(CCCC2)CN1C(C)C1CCCCC1. The molecule has 1 aliphatic heterocycles. The highest BCUT2D eigenvalue weighted by Gasteiger charge is 2.42. The summed E-state index contributed by atoms with van der Waals surface area (Å²) in [6, 6.07) is 1.53. The van der Waals surface area contributed by atoms with E-state index < -0.39 is 0 Å². The van der Waals surface area contributed by atoms with E-state index in [1.165, 1.54) is 70.9 Å². The van der Waals surface area contributed by atoms with Gasteiger partial charge in [-0.25, -0.2) is 0 Å². The predicted molar refractivity (Wildman–Crippen MR) is 81.4 cm³/mol. The van der Waals surface area contributed by atoms with E-state index in [1.807, 2.05) is 0 Å². The Balaban J connectivity index is 1.66. The maximum atomic E-state index is 3.89. The summed E-state index contributed by atoms with van der Waals surface area (Å²) in [5.41, 5.74) is 0.482. The number of hydrogen-bond donors (Lipinski definition) is 1. The molecule has 0 amide bonds. The van der Waals surface area contributed by atoms with Gasteiger partial charge < -0.3 is 5.32 Å². The normalized spacial score (nSPS) is 34.7. The maximum Gasteiger partial charge on any atom is 0.0309 e. The molecular weight excluding hydrogens is 232 g/mol. The van der Waals surface area contributed by atoms with Gasteiger partial charge in [-0.2, -0.15) is 0 Å². The standard InChI is InChI=1S/C17H32N2/c1-14-12-18-17(10-6-7-11-17)13-19(14)15(2)16-8-4-3-5-9-16/h14-16,18H,3-13H2,1-2H3. The van der Waals surface area contributed by atoms with Crippen LogP contribution in [-0.2, 0) is 0 Å². The molecule has 1 saturated heterocycles. The van der Waals surface area contributed by atoms with Gasteiger partial charge in [0.25, 0.3) is 0 Å². The van der Waals surface area contributed by atoms with E-state index in [2.05, 4.69) is 24.1 Å². The molecule has 1 spiro atoms. The molecule has 3 aliphatic rings. The van der Waals surface area contributed by atoms with E-state index in [0.29, 0.717) is 5.54 Å². The monoisotopic (exact) mass is 264 g/mol. The maximum absolute atomic E-state index is 3.89. The number of piperazine rings is 1. The number of nitrogens with zero attached hydrogens (tertiary/aromatic N) is 1. The van der Waals surface area contributed by atoms with Crippen LogP contribution in [0.4, 0.5) is 0 Å².